The number of alkyl halides is 1. The van der Waals surface area contributed by atoms with Gasteiger partial charge in [0.1, 0.15) is 0 Å². The lowest BCUT2D eigenvalue weighted by atomic mass is 9.99. The van der Waals surface area contributed by atoms with E-state index in [9.17, 15) is 0 Å². The summed E-state index contributed by atoms with van der Waals surface area (Å²) in [7, 11) is 3.23. The van der Waals surface area contributed by atoms with Crippen molar-refractivity contribution in [3.63, 3.8) is 0 Å². The van der Waals surface area contributed by atoms with Crippen LogP contribution in [0.5, 0.6) is 11.5 Å². The van der Waals surface area contributed by atoms with Gasteiger partial charge in [-0.3, -0.25) is 0 Å². The molecule has 1 atom stereocenters. The first-order valence-corrected chi connectivity index (χ1v) is 8.32. The van der Waals surface area contributed by atoms with E-state index in [2.05, 4.69) is 31.9 Å². The molecule has 2 nitrogen and oxygen atoms in total. The van der Waals surface area contributed by atoms with Gasteiger partial charge >= 0.3 is 0 Å². The smallest absolute Gasteiger partial charge is 0.161 e. The minimum Gasteiger partial charge on any atom is -0.493 e. The van der Waals surface area contributed by atoms with Crippen molar-refractivity contribution < 1.29 is 9.47 Å². The molecule has 2 rings (SSSR count). The molecule has 0 saturated heterocycles. The SMILES string of the molecule is COc1cc(Br)c(C(Cl)c2cccc(Br)c2C)cc1OC. The van der Waals surface area contributed by atoms with E-state index in [-0.39, 0.29) is 5.38 Å². The van der Waals surface area contributed by atoms with Crippen molar-refractivity contribution in [1.29, 1.82) is 0 Å². The van der Waals surface area contributed by atoms with Crippen LogP contribution in [0.1, 0.15) is 22.1 Å². The Morgan fingerprint density at radius 3 is 2.19 bits per heavy atom. The molecule has 0 amide bonds. The minimum absolute atomic E-state index is 0.281. The van der Waals surface area contributed by atoms with Crippen LogP contribution >= 0.6 is 43.5 Å². The summed E-state index contributed by atoms with van der Waals surface area (Å²) in [5, 5.41) is -0.281. The standard InChI is InChI=1S/C16H15Br2ClO2/c1-9-10(5-4-6-12(9)17)16(19)11-7-14(20-2)15(21-3)8-13(11)18/h4-8,16H,1-3H3. The molecule has 2 aromatic rings. The third-order valence-corrected chi connectivity index (χ3v) is 5.37. The molecule has 1 unspecified atom stereocenters. The lowest BCUT2D eigenvalue weighted by Gasteiger charge is -2.18. The molecule has 0 aliphatic heterocycles. The summed E-state index contributed by atoms with van der Waals surface area (Å²) < 4.78 is 12.6. The largest absolute Gasteiger partial charge is 0.493 e. The first kappa shape index (κ1) is 16.7. The molecule has 0 fully saturated rings. The Morgan fingerprint density at radius 1 is 0.952 bits per heavy atom. The average molecular weight is 435 g/mol. The van der Waals surface area contributed by atoms with Crippen LogP contribution in [-0.2, 0) is 0 Å². The Bertz CT molecular complexity index is 659. The van der Waals surface area contributed by atoms with Gasteiger partial charge in [0.25, 0.3) is 0 Å². The summed E-state index contributed by atoms with van der Waals surface area (Å²) >= 11 is 13.8. The molecule has 0 aliphatic rings. The third-order valence-electron chi connectivity index (χ3n) is 3.36. The van der Waals surface area contributed by atoms with E-state index < -0.39 is 0 Å². The fraction of sp³-hybridized carbons (Fsp3) is 0.250. The van der Waals surface area contributed by atoms with Gasteiger partial charge in [-0.15, -0.1) is 11.6 Å². The highest BCUT2D eigenvalue weighted by Gasteiger charge is 2.20. The minimum atomic E-state index is -0.281. The molecular formula is C16H15Br2ClO2. The van der Waals surface area contributed by atoms with Gasteiger partial charge in [-0.05, 0) is 41.8 Å². The second-order valence-electron chi connectivity index (χ2n) is 4.55. The highest BCUT2D eigenvalue weighted by atomic mass is 79.9. The molecular weight excluding hydrogens is 419 g/mol. The van der Waals surface area contributed by atoms with Crippen LogP contribution in [-0.4, -0.2) is 14.2 Å². The van der Waals surface area contributed by atoms with Crippen molar-refractivity contribution in [3.05, 3.63) is 56.0 Å². The highest BCUT2D eigenvalue weighted by Crippen LogP contribution is 2.42. The average Bonchev–Trinajstić information content (AvgIpc) is 2.49. The normalized spacial score (nSPS) is 12.1. The molecule has 0 bridgehead atoms. The second-order valence-corrected chi connectivity index (χ2v) is 6.69. The number of hydrogen-bond acceptors (Lipinski definition) is 2. The predicted octanol–water partition coefficient (Wildman–Crippen LogP) is 5.87. The molecule has 2 aromatic carbocycles. The topological polar surface area (TPSA) is 18.5 Å². The summed E-state index contributed by atoms with van der Waals surface area (Å²) in [5.41, 5.74) is 3.12. The zero-order chi connectivity index (χ0) is 15.6. The van der Waals surface area contributed by atoms with Crippen LogP contribution in [0.15, 0.2) is 39.3 Å². The summed E-state index contributed by atoms with van der Waals surface area (Å²) in [6.45, 7) is 2.05. The maximum atomic E-state index is 6.69. The Labute approximate surface area is 146 Å². The quantitative estimate of drug-likeness (QED) is 0.561. The zero-order valence-corrected chi connectivity index (χ0v) is 15.8. The Kier molecular flexibility index (Phi) is 5.58. The molecule has 0 aromatic heterocycles. The zero-order valence-electron chi connectivity index (χ0n) is 11.9. The van der Waals surface area contributed by atoms with Crippen LogP contribution in [0, 0.1) is 6.92 Å². The highest BCUT2D eigenvalue weighted by molar-refractivity contribution is 9.10. The Balaban J connectivity index is 2.53. The van der Waals surface area contributed by atoms with Crippen LogP contribution in [0.25, 0.3) is 0 Å². The maximum absolute atomic E-state index is 6.69. The molecule has 0 spiro atoms. The van der Waals surface area contributed by atoms with Gasteiger partial charge in [0.15, 0.2) is 11.5 Å². The van der Waals surface area contributed by atoms with Crippen molar-refractivity contribution in [3.8, 4) is 11.5 Å². The molecule has 112 valence electrons. The van der Waals surface area contributed by atoms with Crippen LogP contribution < -0.4 is 9.47 Å². The number of hydrogen-bond donors (Lipinski definition) is 0. The van der Waals surface area contributed by atoms with Crippen LogP contribution in [0.2, 0.25) is 0 Å². The summed E-state index contributed by atoms with van der Waals surface area (Å²) in [6, 6.07) is 9.79. The number of halogens is 3. The molecule has 0 radical (unpaired) electrons. The summed E-state index contributed by atoms with van der Waals surface area (Å²) in [4.78, 5) is 0. The lowest BCUT2D eigenvalue weighted by molar-refractivity contribution is 0.354. The van der Waals surface area contributed by atoms with E-state index in [1.165, 1.54) is 0 Å². The number of rotatable bonds is 4. The first-order valence-electron chi connectivity index (χ1n) is 6.30. The van der Waals surface area contributed by atoms with E-state index in [1.54, 1.807) is 14.2 Å². The van der Waals surface area contributed by atoms with Crippen molar-refractivity contribution >= 4 is 43.5 Å². The van der Waals surface area contributed by atoms with E-state index in [0.717, 1.165) is 25.6 Å². The maximum Gasteiger partial charge on any atom is 0.161 e. The molecule has 0 N–H and O–H groups in total. The van der Waals surface area contributed by atoms with Gasteiger partial charge in [0, 0.05) is 8.95 Å². The van der Waals surface area contributed by atoms with E-state index in [4.69, 9.17) is 21.1 Å². The lowest BCUT2D eigenvalue weighted by Crippen LogP contribution is -2.00. The molecule has 21 heavy (non-hydrogen) atoms. The second kappa shape index (κ2) is 7.03. The van der Waals surface area contributed by atoms with E-state index in [0.29, 0.717) is 11.5 Å². The van der Waals surface area contributed by atoms with Gasteiger partial charge in [-0.25, -0.2) is 0 Å². The molecule has 0 saturated carbocycles. The van der Waals surface area contributed by atoms with Crippen molar-refractivity contribution in [2.45, 2.75) is 12.3 Å². The van der Waals surface area contributed by atoms with Gasteiger partial charge in [0.2, 0.25) is 0 Å². The molecule has 0 heterocycles. The molecule has 0 aliphatic carbocycles. The number of methoxy groups -OCH3 is 2. The number of ether oxygens (including phenoxy) is 2. The van der Waals surface area contributed by atoms with Gasteiger partial charge < -0.3 is 9.47 Å². The summed E-state index contributed by atoms with van der Waals surface area (Å²) in [6.07, 6.45) is 0. The molecule has 5 heteroatoms. The van der Waals surface area contributed by atoms with Crippen molar-refractivity contribution in [2.75, 3.05) is 14.2 Å². The third kappa shape index (κ3) is 3.38. The summed E-state index contributed by atoms with van der Waals surface area (Å²) in [5.74, 6) is 1.33. The van der Waals surface area contributed by atoms with Crippen molar-refractivity contribution in [1.82, 2.24) is 0 Å². The Morgan fingerprint density at radius 2 is 1.57 bits per heavy atom. The monoisotopic (exact) mass is 432 g/mol. The fourth-order valence-corrected chi connectivity index (χ4v) is 3.61. The van der Waals surface area contributed by atoms with Crippen LogP contribution in [0.4, 0.5) is 0 Å². The van der Waals surface area contributed by atoms with Crippen LogP contribution in [0.3, 0.4) is 0 Å². The number of benzene rings is 2. The predicted molar refractivity (Wildman–Crippen MR) is 93.8 cm³/mol. The van der Waals surface area contributed by atoms with Crippen molar-refractivity contribution in [2.24, 2.45) is 0 Å². The van der Waals surface area contributed by atoms with Gasteiger partial charge in [0.05, 0.1) is 19.6 Å². The van der Waals surface area contributed by atoms with E-state index in [1.807, 2.05) is 37.3 Å². The van der Waals surface area contributed by atoms with Gasteiger partial charge in [-0.2, -0.15) is 0 Å². The Hall–Kier alpha value is -0.710. The fourth-order valence-electron chi connectivity index (χ4n) is 2.13. The van der Waals surface area contributed by atoms with Gasteiger partial charge in [-0.1, -0.05) is 44.0 Å². The van der Waals surface area contributed by atoms with E-state index >= 15 is 0 Å². The first-order chi connectivity index (χ1) is 9.99.